The minimum absolute atomic E-state index is 1.21. The van der Waals surface area contributed by atoms with Crippen LogP contribution >= 0.6 is 0 Å². The van der Waals surface area contributed by atoms with E-state index in [1.54, 1.807) is 0 Å². The summed E-state index contributed by atoms with van der Waals surface area (Å²) >= 11 is 0. The average molecular weight is 195 g/mol. The van der Waals surface area contributed by atoms with Gasteiger partial charge in [-0.1, -0.05) is 0 Å². The molecule has 0 aliphatic rings. The van der Waals surface area contributed by atoms with Crippen LogP contribution in [0, 0.1) is 13.8 Å². The number of aromatic amines is 1. The van der Waals surface area contributed by atoms with Gasteiger partial charge in [0.2, 0.25) is 0 Å². The Morgan fingerprint density at radius 3 is 1.46 bits per heavy atom. The van der Waals surface area contributed by atoms with Gasteiger partial charge in [-0.25, -0.2) is 4.98 Å². The van der Waals surface area contributed by atoms with Crippen LogP contribution in [0.4, 0.5) is 17.3 Å². The second-order valence-corrected chi connectivity index (χ2v) is 2.51. The van der Waals surface area contributed by atoms with Crippen molar-refractivity contribution in [3.63, 3.8) is 0 Å². The van der Waals surface area contributed by atoms with Crippen molar-refractivity contribution in [1.29, 1.82) is 0 Å². The van der Waals surface area contributed by atoms with Crippen LogP contribution in [0.25, 0.3) is 0 Å². The molecule has 6 heteroatoms. The van der Waals surface area contributed by atoms with Crippen molar-refractivity contribution in [2.24, 2.45) is 0 Å². The Kier molecular flexibility index (Phi) is 4.44. The molecule has 1 aromatic rings. The third-order valence-corrected chi connectivity index (χ3v) is 1.09. The number of pyridine rings is 1. The van der Waals surface area contributed by atoms with E-state index in [1.807, 2.05) is 32.0 Å². The molecule has 0 bridgehead atoms. The fourth-order valence-corrected chi connectivity index (χ4v) is 0.731. The molecule has 0 radical (unpaired) electrons. The molecular formula is C7H10BF4N. The lowest BCUT2D eigenvalue weighted by Crippen LogP contribution is -2.09. The van der Waals surface area contributed by atoms with Crippen molar-refractivity contribution in [1.82, 2.24) is 0 Å². The number of aromatic nitrogens is 1. The second kappa shape index (κ2) is 4.84. The topological polar surface area (TPSA) is 14.1 Å². The molecule has 13 heavy (non-hydrogen) atoms. The molecule has 1 heterocycles. The predicted octanol–water partition coefficient (Wildman–Crippen LogP) is 2.42. The Morgan fingerprint density at radius 2 is 1.31 bits per heavy atom. The third-order valence-electron chi connectivity index (χ3n) is 1.09. The minimum atomic E-state index is -6.00. The maximum atomic E-state index is 9.75. The first-order chi connectivity index (χ1) is 5.79. The summed E-state index contributed by atoms with van der Waals surface area (Å²) in [5.41, 5.74) is 2.43. The molecule has 0 aliphatic heterocycles. The molecule has 0 fully saturated rings. The number of rotatable bonds is 0. The van der Waals surface area contributed by atoms with Crippen molar-refractivity contribution in [2.75, 3.05) is 0 Å². The number of hydrogen-bond donors (Lipinski definition) is 0. The molecule has 1 nitrogen and oxygen atoms in total. The molecule has 0 aromatic carbocycles. The molecule has 0 aliphatic carbocycles. The van der Waals surface area contributed by atoms with Crippen molar-refractivity contribution in [3.05, 3.63) is 29.6 Å². The fraction of sp³-hybridized carbons (Fsp3) is 0.286. The summed E-state index contributed by atoms with van der Waals surface area (Å²) in [4.78, 5) is 3.17. The van der Waals surface area contributed by atoms with Crippen molar-refractivity contribution in [3.8, 4) is 0 Å². The second-order valence-electron chi connectivity index (χ2n) is 2.51. The lowest BCUT2D eigenvalue weighted by molar-refractivity contribution is -0.396. The Morgan fingerprint density at radius 1 is 1.00 bits per heavy atom. The van der Waals surface area contributed by atoms with E-state index in [1.165, 1.54) is 11.4 Å². The summed E-state index contributed by atoms with van der Waals surface area (Å²) in [7, 11) is -6.00. The number of hydrogen-bond acceptors (Lipinski definition) is 0. The molecule has 1 aromatic heterocycles. The zero-order chi connectivity index (χ0) is 10.5. The van der Waals surface area contributed by atoms with Gasteiger partial charge in [0.1, 0.15) is 0 Å². The van der Waals surface area contributed by atoms with E-state index in [9.17, 15) is 17.3 Å². The summed E-state index contributed by atoms with van der Waals surface area (Å²) in [6, 6.07) is 6.14. The van der Waals surface area contributed by atoms with Gasteiger partial charge in [0.15, 0.2) is 11.4 Å². The van der Waals surface area contributed by atoms with Crippen LogP contribution in [0.2, 0.25) is 0 Å². The lowest BCUT2D eigenvalue weighted by Gasteiger charge is -1.94. The van der Waals surface area contributed by atoms with E-state index in [0.29, 0.717) is 0 Å². The maximum absolute atomic E-state index is 9.75. The standard InChI is InChI=1S/C7H9N.BF4/c1-6-4-3-5-7(2)8-6;2-1(3,4)5/h3-5H,1-2H3;/q;-1/p+1. The van der Waals surface area contributed by atoms with Gasteiger partial charge in [-0.15, -0.1) is 0 Å². The van der Waals surface area contributed by atoms with Gasteiger partial charge < -0.3 is 17.3 Å². The van der Waals surface area contributed by atoms with Gasteiger partial charge in [0.25, 0.3) is 0 Å². The fourth-order valence-electron chi connectivity index (χ4n) is 0.731. The van der Waals surface area contributed by atoms with Crippen LogP contribution in [0.15, 0.2) is 18.2 Å². The van der Waals surface area contributed by atoms with Crippen molar-refractivity contribution >= 4 is 7.25 Å². The maximum Gasteiger partial charge on any atom is 0.673 e. The van der Waals surface area contributed by atoms with E-state index in [-0.39, 0.29) is 0 Å². The predicted molar refractivity (Wildman–Crippen MR) is 42.7 cm³/mol. The van der Waals surface area contributed by atoms with Gasteiger partial charge in [0, 0.05) is 26.0 Å². The van der Waals surface area contributed by atoms with Gasteiger partial charge in [-0.05, 0) is 6.07 Å². The quantitative estimate of drug-likeness (QED) is 0.445. The van der Waals surface area contributed by atoms with Crippen LogP contribution < -0.4 is 4.98 Å². The first-order valence-corrected chi connectivity index (χ1v) is 3.62. The Bertz CT molecular complexity index is 238. The highest BCUT2D eigenvalue weighted by Gasteiger charge is 2.20. The van der Waals surface area contributed by atoms with Crippen molar-refractivity contribution in [2.45, 2.75) is 13.8 Å². The lowest BCUT2D eigenvalue weighted by atomic mass is 10.3. The monoisotopic (exact) mass is 195 g/mol. The van der Waals surface area contributed by atoms with Crippen LogP contribution in [0.5, 0.6) is 0 Å². The van der Waals surface area contributed by atoms with E-state index >= 15 is 0 Å². The SMILES string of the molecule is Cc1cccc(C)[nH+]1.F[B-](F)(F)F. The van der Waals surface area contributed by atoms with Crippen LogP contribution in [0.1, 0.15) is 11.4 Å². The van der Waals surface area contributed by atoms with Gasteiger partial charge >= 0.3 is 7.25 Å². The zero-order valence-corrected chi connectivity index (χ0v) is 7.32. The number of aryl methyl sites for hydroxylation is 2. The number of halogens is 4. The van der Waals surface area contributed by atoms with E-state index in [4.69, 9.17) is 0 Å². The van der Waals surface area contributed by atoms with Crippen molar-refractivity contribution < 1.29 is 22.2 Å². The molecule has 0 spiro atoms. The average Bonchev–Trinajstić information content (AvgIpc) is 1.81. The molecule has 74 valence electrons. The van der Waals surface area contributed by atoms with Gasteiger partial charge in [-0.3, -0.25) is 0 Å². The summed E-state index contributed by atoms with van der Waals surface area (Å²) < 4.78 is 39.0. The Balaban J connectivity index is 0.000000252. The molecule has 0 saturated heterocycles. The highest BCUT2D eigenvalue weighted by atomic mass is 19.5. The largest absolute Gasteiger partial charge is 0.673 e. The molecule has 0 atom stereocenters. The van der Waals surface area contributed by atoms with Gasteiger partial charge in [-0.2, -0.15) is 0 Å². The normalized spacial score (nSPS) is 10.3. The first kappa shape index (κ1) is 11.9. The molecule has 0 amide bonds. The van der Waals surface area contributed by atoms with Crippen LogP contribution in [-0.4, -0.2) is 7.25 Å². The van der Waals surface area contributed by atoms with Gasteiger partial charge in [0.05, 0.1) is 0 Å². The van der Waals surface area contributed by atoms with E-state index in [0.717, 1.165) is 0 Å². The number of nitrogens with one attached hydrogen (secondary N) is 1. The highest BCUT2D eigenvalue weighted by molar-refractivity contribution is 6.50. The molecule has 0 saturated carbocycles. The molecule has 1 N–H and O–H groups in total. The summed E-state index contributed by atoms with van der Waals surface area (Å²) in [6.07, 6.45) is 0. The summed E-state index contributed by atoms with van der Waals surface area (Å²) in [6.45, 7) is 4.10. The summed E-state index contributed by atoms with van der Waals surface area (Å²) in [5, 5.41) is 0. The Labute approximate surface area is 73.9 Å². The number of H-pyrrole nitrogens is 1. The summed E-state index contributed by atoms with van der Waals surface area (Å²) in [5.74, 6) is 0. The molecule has 0 unspecified atom stereocenters. The van der Waals surface area contributed by atoms with Crippen LogP contribution in [0.3, 0.4) is 0 Å². The minimum Gasteiger partial charge on any atom is -0.418 e. The molecule has 1 rings (SSSR count). The smallest absolute Gasteiger partial charge is 0.418 e. The highest BCUT2D eigenvalue weighted by Crippen LogP contribution is 2.06. The van der Waals surface area contributed by atoms with E-state index in [2.05, 4.69) is 4.98 Å². The Hall–Kier alpha value is -1.07. The third kappa shape index (κ3) is 10.9. The first-order valence-electron chi connectivity index (χ1n) is 3.62. The molecular weight excluding hydrogens is 185 g/mol. The van der Waals surface area contributed by atoms with Crippen LogP contribution in [-0.2, 0) is 0 Å². The van der Waals surface area contributed by atoms with E-state index < -0.39 is 7.25 Å². The zero-order valence-electron chi connectivity index (χ0n) is 7.32.